The van der Waals surface area contributed by atoms with Gasteiger partial charge in [-0.05, 0) is 18.1 Å². The van der Waals surface area contributed by atoms with E-state index < -0.39 is 0 Å². The van der Waals surface area contributed by atoms with Gasteiger partial charge in [-0.25, -0.2) is 0 Å². The summed E-state index contributed by atoms with van der Waals surface area (Å²) in [4.78, 5) is 0. The summed E-state index contributed by atoms with van der Waals surface area (Å²) in [6, 6.07) is 7.77. The van der Waals surface area contributed by atoms with E-state index in [1.165, 1.54) is 0 Å². The number of methoxy groups -OCH3 is 1. The van der Waals surface area contributed by atoms with Gasteiger partial charge in [0.25, 0.3) is 0 Å². The molecule has 3 N–H and O–H groups in total. The summed E-state index contributed by atoms with van der Waals surface area (Å²) in [7, 11) is 1.72. The first-order valence-corrected chi connectivity index (χ1v) is 4.81. The van der Waals surface area contributed by atoms with Crippen molar-refractivity contribution < 1.29 is 4.74 Å². The van der Waals surface area contributed by atoms with Gasteiger partial charge in [-0.3, -0.25) is 0 Å². The van der Waals surface area contributed by atoms with Gasteiger partial charge in [0.2, 0.25) is 0 Å². The maximum Gasteiger partial charge on any atom is 0.0574 e. The third-order valence-corrected chi connectivity index (χ3v) is 2.05. The molecule has 0 heterocycles. The average Bonchev–Trinajstić information content (AvgIpc) is 2.17. The number of hydrogen-bond acceptors (Lipinski definition) is 3. The highest BCUT2D eigenvalue weighted by Crippen LogP contribution is 2.16. The zero-order valence-electron chi connectivity index (χ0n) is 8.79. The molecule has 0 saturated heterocycles. The van der Waals surface area contributed by atoms with Crippen molar-refractivity contribution in [1.29, 1.82) is 0 Å². The van der Waals surface area contributed by atoms with E-state index in [4.69, 9.17) is 10.5 Å². The van der Waals surface area contributed by atoms with Gasteiger partial charge in [0.05, 0.1) is 18.0 Å². The molecule has 1 rings (SSSR count). The Balaban J connectivity index is 2.41. The van der Waals surface area contributed by atoms with Crippen LogP contribution in [-0.2, 0) is 4.74 Å². The highest BCUT2D eigenvalue weighted by atomic mass is 16.5. The molecule has 0 bridgehead atoms. The number of hydrogen-bond donors (Lipinski definition) is 2. The number of nitrogens with two attached hydrogens (primary N) is 1. The van der Waals surface area contributed by atoms with Crippen LogP contribution >= 0.6 is 0 Å². The Hall–Kier alpha value is -1.22. The molecule has 1 unspecified atom stereocenters. The van der Waals surface area contributed by atoms with Crippen LogP contribution in [0.2, 0.25) is 0 Å². The summed E-state index contributed by atoms with van der Waals surface area (Å²) < 4.78 is 5.05. The van der Waals surface area contributed by atoms with E-state index in [1.54, 1.807) is 7.11 Å². The van der Waals surface area contributed by atoms with E-state index in [1.807, 2.05) is 24.3 Å². The average molecular weight is 194 g/mol. The minimum atomic E-state index is 0.486. The molecule has 0 amide bonds. The van der Waals surface area contributed by atoms with Crippen molar-refractivity contribution in [3.8, 4) is 0 Å². The number of nitrogen functional groups attached to an aromatic ring is 1. The second-order valence-corrected chi connectivity index (χ2v) is 3.53. The molecule has 0 radical (unpaired) electrons. The summed E-state index contributed by atoms with van der Waals surface area (Å²) in [5.74, 6) is 0.486. The molecule has 0 aliphatic carbocycles. The molecule has 0 fully saturated rings. The van der Waals surface area contributed by atoms with Gasteiger partial charge in [0.1, 0.15) is 0 Å². The molecule has 1 aromatic carbocycles. The third kappa shape index (κ3) is 3.26. The number of para-hydroxylation sites is 2. The number of nitrogens with one attached hydrogen (secondary N) is 1. The second kappa shape index (κ2) is 5.50. The number of benzene rings is 1. The molecule has 78 valence electrons. The SMILES string of the molecule is COCC(C)CNc1ccccc1N. The summed E-state index contributed by atoms with van der Waals surface area (Å²) in [6.07, 6.45) is 0. The van der Waals surface area contributed by atoms with Crippen molar-refractivity contribution in [2.45, 2.75) is 6.92 Å². The minimum Gasteiger partial charge on any atom is -0.397 e. The summed E-state index contributed by atoms with van der Waals surface area (Å²) in [5, 5.41) is 3.29. The largest absolute Gasteiger partial charge is 0.397 e. The van der Waals surface area contributed by atoms with Gasteiger partial charge in [0, 0.05) is 13.7 Å². The van der Waals surface area contributed by atoms with Crippen molar-refractivity contribution in [3.05, 3.63) is 24.3 Å². The molecular formula is C11H18N2O. The first kappa shape index (κ1) is 10.9. The lowest BCUT2D eigenvalue weighted by Gasteiger charge is -2.13. The lowest BCUT2D eigenvalue weighted by Crippen LogP contribution is -2.16. The summed E-state index contributed by atoms with van der Waals surface area (Å²) in [6.45, 7) is 3.78. The van der Waals surface area contributed by atoms with Crippen molar-refractivity contribution in [3.63, 3.8) is 0 Å². The quantitative estimate of drug-likeness (QED) is 0.704. The number of rotatable bonds is 5. The number of anilines is 2. The van der Waals surface area contributed by atoms with Crippen molar-refractivity contribution in [2.75, 3.05) is 31.3 Å². The maximum atomic E-state index is 5.79. The molecule has 14 heavy (non-hydrogen) atoms. The fourth-order valence-corrected chi connectivity index (χ4v) is 1.29. The maximum absolute atomic E-state index is 5.79. The molecule has 0 saturated carbocycles. The monoisotopic (exact) mass is 194 g/mol. The molecule has 1 atom stereocenters. The van der Waals surface area contributed by atoms with E-state index in [0.29, 0.717) is 5.92 Å². The van der Waals surface area contributed by atoms with Crippen molar-refractivity contribution in [2.24, 2.45) is 5.92 Å². The van der Waals surface area contributed by atoms with E-state index >= 15 is 0 Å². The standard InChI is InChI=1S/C11H18N2O/c1-9(8-14-2)7-13-11-6-4-3-5-10(11)12/h3-6,9,13H,7-8,12H2,1-2H3. The predicted molar refractivity (Wildman–Crippen MR) is 60.4 cm³/mol. The lowest BCUT2D eigenvalue weighted by atomic mass is 10.2. The fourth-order valence-electron chi connectivity index (χ4n) is 1.29. The molecule has 0 aliphatic heterocycles. The third-order valence-electron chi connectivity index (χ3n) is 2.05. The van der Waals surface area contributed by atoms with Crippen molar-refractivity contribution >= 4 is 11.4 Å². The van der Waals surface area contributed by atoms with Gasteiger partial charge in [0.15, 0.2) is 0 Å². The molecule has 3 nitrogen and oxygen atoms in total. The van der Waals surface area contributed by atoms with Crippen LogP contribution in [0, 0.1) is 5.92 Å². The first-order chi connectivity index (χ1) is 6.74. The van der Waals surface area contributed by atoms with Crippen LogP contribution in [0.25, 0.3) is 0 Å². The Morgan fingerprint density at radius 3 is 2.79 bits per heavy atom. The van der Waals surface area contributed by atoms with Gasteiger partial charge >= 0.3 is 0 Å². The van der Waals surface area contributed by atoms with E-state index in [9.17, 15) is 0 Å². The normalized spacial score (nSPS) is 12.4. The predicted octanol–water partition coefficient (Wildman–Crippen LogP) is 1.96. The van der Waals surface area contributed by atoms with Gasteiger partial charge < -0.3 is 15.8 Å². The van der Waals surface area contributed by atoms with Crippen LogP contribution in [0.1, 0.15) is 6.92 Å². The van der Waals surface area contributed by atoms with Crippen LogP contribution in [0.3, 0.4) is 0 Å². The first-order valence-electron chi connectivity index (χ1n) is 4.81. The summed E-state index contributed by atoms with van der Waals surface area (Å²) in [5.41, 5.74) is 7.57. The molecule has 0 aromatic heterocycles. The second-order valence-electron chi connectivity index (χ2n) is 3.53. The highest BCUT2D eigenvalue weighted by Gasteiger charge is 2.02. The van der Waals surface area contributed by atoms with Gasteiger partial charge in [-0.1, -0.05) is 19.1 Å². The van der Waals surface area contributed by atoms with Crippen LogP contribution in [0.4, 0.5) is 11.4 Å². The highest BCUT2D eigenvalue weighted by molar-refractivity contribution is 5.65. The topological polar surface area (TPSA) is 47.3 Å². The van der Waals surface area contributed by atoms with Crippen molar-refractivity contribution in [1.82, 2.24) is 0 Å². The smallest absolute Gasteiger partial charge is 0.0574 e. The van der Waals surface area contributed by atoms with Crippen LogP contribution in [-0.4, -0.2) is 20.3 Å². The number of ether oxygens (including phenoxy) is 1. The molecule has 3 heteroatoms. The Morgan fingerprint density at radius 2 is 2.14 bits per heavy atom. The Labute approximate surface area is 85.3 Å². The molecular weight excluding hydrogens is 176 g/mol. The zero-order valence-corrected chi connectivity index (χ0v) is 8.79. The van der Waals surface area contributed by atoms with Crippen LogP contribution in [0.15, 0.2) is 24.3 Å². The van der Waals surface area contributed by atoms with E-state index in [-0.39, 0.29) is 0 Å². The minimum absolute atomic E-state index is 0.486. The molecule has 0 spiro atoms. The molecule has 0 aliphatic rings. The Kier molecular flexibility index (Phi) is 4.26. The van der Waals surface area contributed by atoms with Crippen LogP contribution in [0.5, 0.6) is 0 Å². The van der Waals surface area contributed by atoms with Gasteiger partial charge in [-0.2, -0.15) is 0 Å². The van der Waals surface area contributed by atoms with Gasteiger partial charge in [-0.15, -0.1) is 0 Å². The molecule has 1 aromatic rings. The van der Waals surface area contributed by atoms with Crippen LogP contribution < -0.4 is 11.1 Å². The summed E-state index contributed by atoms with van der Waals surface area (Å²) >= 11 is 0. The fraction of sp³-hybridized carbons (Fsp3) is 0.455. The van der Waals surface area contributed by atoms with E-state index in [2.05, 4.69) is 12.2 Å². The Bertz CT molecular complexity index is 276. The lowest BCUT2D eigenvalue weighted by molar-refractivity contribution is 0.164. The Morgan fingerprint density at radius 1 is 1.43 bits per heavy atom. The zero-order chi connectivity index (χ0) is 10.4. The van der Waals surface area contributed by atoms with E-state index in [0.717, 1.165) is 24.5 Å².